The summed E-state index contributed by atoms with van der Waals surface area (Å²) in [5, 5.41) is 26.1. The van der Waals surface area contributed by atoms with Crippen LogP contribution in [0.1, 0.15) is 37.8 Å². The standard InChI is InChI=1S/C21H38N10O6/c22-6-2-1-4-15(20(36)37)30-19(35)16(8-12-9-26-11-28-12)31-18(34)14(5-3-7-27-21(24)25)29-17(33)13(23)10-32/h9,11,13-16,32H,1-8,10,22-23H2,(H,26,28)(H,29,33)(H,30,35)(H,31,34)(H,36,37)(H4,24,25,27). The first kappa shape index (κ1) is 31.3. The number of carbonyl (C=O) groups excluding carboxylic acids is 3. The van der Waals surface area contributed by atoms with Crippen molar-refractivity contribution in [3.63, 3.8) is 0 Å². The Kier molecular flexibility index (Phi) is 14.2. The third-order valence-electron chi connectivity index (χ3n) is 5.29. The van der Waals surface area contributed by atoms with Crippen molar-refractivity contribution in [1.29, 1.82) is 0 Å². The van der Waals surface area contributed by atoms with E-state index in [1.807, 2.05) is 0 Å². The molecule has 0 bridgehead atoms. The van der Waals surface area contributed by atoms with Crippen molar-refractivity contribution in [3.8, 4) is 0 Å². The van der Waals surface area contributed by atoms with Crippen molar-refractivity contribution >= 4 is 29.7 Å². The molecule has 0 spiro atoms. The van der Waals surface area contributed by atoms with Gasteiger partial charge in [-0.15, -0.1) is 0 Å². The maximum atomic E-state index is 13.1. The normalized spacial score (nSPS) is 14.0. The van der Waals surface area contributed by atoms with Crippen LogP contribution in [0.5, 0.6) is 0 Å². The number of aromatic nitrogens is 2. The maximum Gasteiger partial charge on any atom is 0.326 e. The van der Waals surface area contributed by atoms with Gasteiger partial charge in [0.2, 0.25) is 17.7 Å². The molecule has 4 unspecified atom stereocenters. The van der Waals surface area contributed by atoms with E-state index in [0.29, 0.717) is 31.5 Å². The van der Waals surface area contributed by atoms with E-state index in [1.165, 1.54) is 12.5 Å². The van der Waals surface area contributed by atoms with E-state index in [4.69, 9.17) is 28.0 Å². The van der Waals surface area contributed by atoms with Gasteiger partial charge in [-0.25, -0.2) is 9.78 Å². The van der Waals surface area contributed by atoms with E-state index in [1.54, 1.807) is 0 Å². The summed E-state index contributed by atoms with van der Waals surface area (Å²) < 4.78 is 0. The number of aliphatic carboxylic acids is 1. The highest BCUT2D eigenvalue weighted by Crippen LogP contribution is 2.06. The number of unbranched alkanes of at least 4 members (excludes halogenated alkanes) is 1. The van der Waals surface area contributed by atoms with Crippen LogP contribution in [0.25, 0.3) is 0 Å². The van der Waals surface area contributed by atoms with Crippen LogP contribution >= 0.6 is 0 Å². The van der Waals surface area contributed by atoms with Gasteiger partial charge in [-0.3, -0.25) is 19.4 Å². The van der Waals surface area contributed by atoms with Gasteiger partial charge in [0.15, 0.2) is 5.96 Å². The van der Waals surface area contributed by atoms with Crippen molar-refractivity contribution < 1.29 is 29.4 Å². The van der Waals surface area contributed by atoms with E-state index in [-0.39, 0.29) is 31.8 Å². The summed E-state index contributed by atoms with van der Waals surface area (Å²) in [6.45, 7) is -0.0794. The molecule has 16 nitrogen and oxygen atoms in total. The summed E-state index contributed by atoms with van der Waals surface area (Å²) in [4.78, 5) is 60.6. The lowest BCUT2D eigenvalue weighted by molar-refractivity contribution is -0.142. The summed E-state index contributed by atoms with van der Waals surface area (Å²) in [6.07, 6.45) is 4.43. The number of carbonyl (C=O) groups is 4. The minimum atomic E-state index is -1.26. The molecule has 0 aromatic carbocycles. The summed E-state index contributed by atoms with van der Waals surface area (Å²) in [6, 6.07) is -4.79. The fraction of sp³-hybridized carbons (Fsp3) is 0.619. The highest BCUT2D eigenvalue weighted by Gasteiger charge is 2.30. The number of hydrogen-bond acceptors (Lipinski definition) is 9. The molecular weight excluding hydrogens is 488 g/mol. The lowest BCUT2D eigenvalue weighted by Crippen LogP contribution is -2.58. The SMILES string of the molecule is NCCCCC(NC(=O)C(Cc1cnc[nH]1)NC(=O)C(CCCN=C(N)N)NC(=O)C(N)CO)C(=O)O. The third kappa shape index (κ3) is 12.2. The van der Waals surface area contributed by atoms with E-state index in [2.05, 4.69) is 30.9 Å². The van der Waals surface area contributed by atoms with Crippen LogP contribution < -0.4 is 38.9 Å². The first-order valence-corrected chi connectivity index (χ1v) is 11.8. The first-order chi connectivity index (χ1) is 17.6. The molecule has 1 rings (SSSR count). The zero-order chi connectivity index (χ0) is 27.8. The highest BCUT2D eigenvalue weighted by atomic mass is 16.4. The molecule has 0 fully saturated rings. The van der Waals surface area contributed by atoms with Gasteiger partial charge in [-0.05, 0) is 38.6 Å². The Hall–Kier alpha value is -3.76. The van der Waals surface area contributed by atoms with Crippen molar-refractivity contribution in [2.45, 2.75) is 62.7 Å². The number of nitrogens with zero attached hydrogens (tertiary/aromatic N) is 2. The lowest BCUT2D eigenvalue weighted by Gasteiger charge is -2.25. The van der Waals surface area contributed by atoms with Gasteiger partial charge in [0.1, 0.15) is 24.2 Å². The van der Waals surface area contributed by atoms with Crippen molar-refractivity contribution in [2.75, 3.05) is 19.7 Å². The van der Waals surface area contributed by atoms with Crippen LogP contribution in [0.3, 0.4) is 0 Å². The highest BCUT2D eigenvalue weighted by molar-refractivity contribution is 5.94. The minimum Gasteiger partial charge on any atom is -0.480 e. The predicted molar refractivity (Wildman–Crippen MR) is 134 cm³/mol. The number of aromatic amines is 1. The van der Waals surface area contributed by atoms with Crippen molar-refractivity contribution in [3.05, 3.63) is 18.2 Å². The molecule has 0 radical (unpaired) electrons. The minimum absolute atomic E-state index is 0.0302. The zero-order valence-electron chi connectivity index (χ0n) is 20.6. The Balaban J connectivity index is 3.04. The molecule has 4 atom stereocenters. The smallest absolute Gasteiger partial charge is 0.326 e. The Bertz CT molecular complexity index is 890. The number of H-pyrrole nitrogens is 1. The molecule has 1 heterocycles. The molecule has 0 aliphatic rings. The second kappa shape index (κ2) is 16.8. The number of nitrogens with one attached hydrogen (secondary N) is 4. The molecule has 208 valence electrons. The lowest BCUT2D eigenvalue weighted by atomic mass is 10.1. The molecule has 37 heavy (non-hydrogen) atoms. The number of imidazole rings is 1. The number of aliphatic hydroxyl groups excluding tert-OH is 1. The number of carboxylic acids is 1. The largest absolute Gasteiger partial charge is 0.480 e. The molecule has 16 heteroatoms. The van der Waals surface area contributed by atoms with Crippen LogP contribution in [0.4, 0.5) is 0 Å². The number of hydrogen-bond donors (Lipinski definition) is 10. The molecule has 0 aliphatic heterocycles. The maximum absolute atomic E-state index is 13.1. The number of amides is 3. The van der Waals surface area contributed by atoms with Gasteiger partial charge in [0.05, 0.1) is 12.9 Å². The molecule has 1 aromatic heterocycles. The fourth-order valence-corrected chi connectivity index (χ4v) is 3.25. The predicted octanol–water partition coefficient (Wildman–Crippen LogP) is -4.01. The molecule has 3 amide bonds. The van der Waals surface area contributed by atoms with Crippen LogP contribution in [-0.2, 0) is 25.6 Å². The van der Waals surface area contributed by atoms with E-state index in [0.717, 1.165) is 0 Å². The Labute approximate surface area is 214 Å². The molecule has 14 N–H and O–H groups in total. The number of aliphatic imine (C=N–C) groups is 1. The first-order valence-electron chi connectivity index (χ1n) is 11.8. The molecule has 1 aromatic rings. The molecular formula is C21H38N10O6. The van der Waals surface area contributed by atoms with Crippen LogP contribution in [0, 0.1) is 0 Å². The number of aliphatic hydroxyl groups is 1. The van der Waals surface area contributed by atoms with Crippen molar-refractivity contribution in [2.24, 2.45) is 27.9 Å². The molecule has 0 saturated heterocycles. The van der Waals surface area contributed by atoms with Crippen LogP contribution in [-0.4, -0.2) is 93.7 Å². The summed E-state index contributed by atoms with van der Waals surface area (Å²) >= 11 is 0. The number of nitrogens with two attached hydrogens (primary N) is 4. The van der Waals surface area contributed by atoms with Gasteiger partial charge in [0.25, 0.3) is 0 Å². The summed E-state index contributed by atoms with van der Waals surface area (Å²) in [5.41, 5.74) is 22.1. The fourth-order valence-electron chi connectivity index (χ4n) is 3.25. The topological polar surface area (TPSA) is 290 Å². The van der Waals surface area contributed by atoms with Gasteiger partial charge in [-0.1, -0.05) is 0 Å². The van der Waals surface area contributed by atoms with E-state index in [9.17, 15) is 24.3 Å². The quantitative estimate of drug-likeness (QED) is 0.0499. The van der Waals surface area contributed by atoms with E-state index < -0.39 is 54.5 Å². The van der Waals surface area contributed by atoms with Crippen molar-refractivity contribution in [1.82, 2.24) is 25.9 Å². The van der Waals surface area contributed by atoms with Gasteiger partial charge >= 0.3 is 5.97 Å². The second-order valence-electron chi connectivity index (χ2n) is 8.33. The summed E-state index contributed by atoms with van der Waals surface area (Å²) in [5.74, 6) is -3.59. The third-order valence-corrected chi connectivity index (χ3v) is 5.29. The van der Waals surface area contributed by atoms with Gasteiger partial charge in [0, 0.05) is 24.9 Å². The monoisotopic (exact) mass is 526 g/mol. The Morgan fingerprint density at radius 3 is 2.16 bits per heavy atom. The second-order valence-corrected chi connectivity index (χ2v) is 8.33. The summed E-state index contributed by atoms with van der Waals surface area (Å²) in [7, 11) is 0. The zero-order valence-corrected chi connectivity index (χ0v) is 20.6. The van der Waals surface area contributed by atoms with Gasteiger partial charge < -0.3 is 54.1 Å². The average Bonchev–Trinajstić information content (AvgIpc) is 3.37. The molecule has 0 aliphatic carbocycles. The Morgan fingerprint density at radius 2 is 1.59 bits per heavy atom. The number of carboxylic acid groups (broad SMARTS) is 1. The Morgan fingerprint density at radius 1 is 0.973 bits per heavy atom. The van der Waals surface area contributed by atoms with Crippen LogP contribution in [0.15, 0.2) is 17.5 Å². The van der Waals surface area contributed by atoms with Gasteiger partial charge in [-0.2, -0.15) is 0 Å². The number of guanidine groups is 1. The average molecular weight is 527 g/mol. The molecule has 0 saturated carbocycles. The number of rotatable bonds is 18. The van der Waals surface area contributed by atoms with E-state index >= 15 is 0 Å². The van der Waals surface area contributed by atoms with Crippen LogP contribution in [0.2, 0.25) is 0 Å².